The van der Waals surface area contributed by atoms with Crippen LogP contribution >= 0.6 is 35.0 Å². The van der Waals surface area contributed by atoms with Crippen LogP contribution in [0.5, 0.6) is 0 Å². The van der Waals surface area contributed by atoms with E-state index in [4.69, 9.17) is 28.2 Å². The molecule has 1 fully saturated rings. The summed E-state index contributed by atoms with van der Waals surface area (Å²) in [7, 11) is 0. The summed E-state index contributed by atoms with van der Waals surface area (Å²) in [4.78, 5) is 7.31. The van der Waals surface area contributed by atoms with Crippen LogP contribution in [0.3, 0.4) is 0 Å². The van der Waals surface area contributed by atoms with Crippen LogP contribution in [-0.4, -0.2) is 39.8 Å². The van der Waals surface area contributed by atoms with Crippen molar-refractivity contribution in [2.45, 2.75) is 43.7 Å². The van der Waals surface area contributed by atoms with Crippen LogP contribution in [0.1, 0.15) is 44.4 Å². The molecule has 1 aliphatic rings. The van der Waals surface area contributed by atoms with Crippen LogP contribution in [0.4, 0.5) is 4.39 Å². The van der Waals surface area contributed by atoms with E-state index in [1.165, 1.54) is 44.5 Å². The molecule has 0 radical (unpaired) electrons. The van der Waals surface area contributed by atoms with Crippen LogP contribution in [0.25, 0.3) is 5.69 Å². The second-order valence-corrected chi connectivity index (χ2v) is 10.6. The number of rotatable bonds is 7. The first-order valence-corrected chi connectivity index (χ1v) is 12.8. The molecule has 7 heteroatoms. The summed E-state index contributed by atoms with van der Waals surface area (Å²) in [6.07, 6.45) is 5.84. The Morgan fingerprint density at radius 1 is 1.00 bits per heavy atom. The van der Waals surface area contributed by atoms with Crippen molar-refractivity contribution in [1.29, 1.82) is 0 Å². The quantitative estimate of drug-likeness (QED) is 0.325. The minimum Gasteiger partial charge on any atom is -0.303 e. The largest absolute Gasteiger partial charge is 0.303 e. The monoisotopic (exact) mass is 491 g/mol. The summed E-state index contributed by atoms with van der Waals surface area (Å²) in [5.74, 6) is 0.712. The molecule has 2 heterocycles. The molecule has 32 heavy (non-hydrogen) atoms. The first-order valence-electron chi connectivity index (χ1n) is 11.0. The Hall–Kier alpha value is -1.53. The van der Waals surface area contributed by atoms with E-state index in [0.717, 1.165) is 34.4 Å². The lowest BCUT2D eigenvalue weighted by molar-refractivity contribution is 0.242. The van der Waals surface area contributed by atoms with Gasteiger partial charge in [-0.15, -0.1) is 0 Å². The molecule has 0 N–H and O–H groups in total. The fourth-order valence-electron chi connectivity index (χ4n) is 4.20. The van der Waals surface area contributed by atoms with Gasteiger partial charge in [0, 0.05) is 23.4 Å². The molecule has 0 unspecified atom stereocenters. The Balaban J connectivity index is 1.66. The van der Waals surface area contributed by atoms with Crippen molar-refractivity contribution in [2.75, 3.05) is 25.4 Å². The molecule has 0 saturated carbocycles. The van der Waals surface area contributed by atoms with Crippen LogP contribution in [0.2, 0.25) is 10.0 Å². The number of imidazole rings is 1. The maximum Gasteiger partial charge on any atom is 0.172 e. The second-order valence-electron chi connectivity index (χ2n) is 8.74. The van der Waals surface area contributed by atoms with Gasteiger partial charge in [-0.2, -0.15) is 0 Å². The molecule has 0 atom stereocenters. The van der Waals surface area contributed by atoms with Crippen molar-refractivity contribution >= 4 is 35.0 Å². The van der Waals surface area contributed by atoms with Gasteiger partial charge in [-0.25, -0.2) is 9.37 Å². The Morgan fingerprint density at radius 3 is 2.41 bits per heavy atom. The van der Waals surface area contributed by atoms with Crippen molar-refractivity contribution in [3.63, 3.8) is 0 Å². The lowest BCUT2D eigenvalue weighted by atomic mass is 9.81. The van der Waals surface area contributed by atoms with E-state index in [-0.39, 0.29) is 11.2 Å². The maximum absolute atomic E-state index is 13.7. The Bertz CT molecular complexity index is 1060. The number of piperidine rings is 1. The van der Waals surface area contributed by atoms with Gasteiger partial charge in [-0.3, -0.25) is 4.57 Å². The Morgan fingerprint density at radius 2 is 1.72 bits per heavy atom. The number of hydrogen-bond donors (Lipinski definition) is 0. The summed E-state index contributed by atoms with van der Waals surface area (Å²) < 4.78 is 15.8. The number of thioether (sulfide) groups is 1. The van der Waals surface area contributed by atoms with Gasteiger partial charge in [0.1, 0.15) is 5.82 Å². The van der Waals surface area contributed by atoms with Gasteiger partial charge in [0.25, 0.3) is 0 Å². The molecule has 4 rings (SSSR count). The number of nitrogens with zero attached hydrogens (tertiary/aromatic N) is 3. The van der Waals surface area contributed by atoms with Crippen LogP contribution < -0.4 is 0 Å². The smallest absolute Gasteiger partial charge is 0.172 e. The number of hydrogen-bond acceptors (Lipinski definition) is 3. The average Bonchev–Trinajstić information content (AvgIpc) is 3.21. The van der Waals surface area contributed by atoms with Crippen molar-refractivity contribution in [1.82, 2.24) is 14.5 Å². The SMILES string of the molecule is CC(C)(c1ccc(Cl)c(Cl)c1)c1cnc(SCCN2CCCCC2)n1-c1ccc(F)cc1. The zero-order chi connectivity index (χ0) is 22.7. The minimum absolute atomic E-state index is 0.251. The van der Waals surface area contributed by atoms with Crippen molar-refractivity contribution in [3.8, 4) is 5.69 Å². The third kappa shape index (κ3) is 5.17. The fraction of sp³-hybridized carbons (Fsp3) is 0.400. The van der Waals surface area contributed by atoms with Crippen LogP contribution in [-0.2, 0) is 5.41 Å². The molecule has 2 aromatic carbocycles. The zero-order valence-electron chi connectivity index (χ0n) is 18.5. The zero-order valence-corrected chi connectivity index (χ0v) is 20.8. The highest BCUT2D eigenvalue weighted by atomic mass is 35.5. The van der Waals surface area contributed by atoms with E-state index in [2.05, 4.69) is 23.3 Å². The molecule has 0 amide bonds. The first kappa shape index (κ1) is 23.6. The molecule has 0 aliphatic carbocycles. The Labute approximate surface area is 203 Å². The third-order valence-corrected chi connectivity index (χ3v) is 7.86. The van der Waals surface area contributed by atoms with Gasteiger partial charge in [-0.1, -0.05) is 61.3 Å². The van der Waals surface area contributed by atoms with Gasteiger partial charge in [0.05, 0.1) is 21.9 Å². The van der Waals surface area contributed by atoms with E-state index < -0.39 is 0 Å². The number of likely N-dealkylation sites (tertiary alicyclic amines) is 1. The van der Waals surface area contributed by atoms with Crippen LogP contribution in [0, 0.1) is 5.82 Å². The van der Waals surface area contributed by atoms with E-state index in [1.807, 2.05) is 24.4 Å². The molecule has 170 valence electrons. The van der Waals surface area contributed by atoms with Crippen molar-refractivity contribution in [3.05, 3.63) is 75.8 Å². The van der Waals surface area contributed by atoms with Crippen molar-refractivity contribution < 1.29 is 4.39 Å². The summed E-state index contributed by atoms with van der Waals surface area (Å²) in [5, 5.41) is 1.98. The number of aromatic nitrogens is 2. The first-order chi connectivity index (χ1) is 15.4. The number of halogens is 3. The van der Waals surface area contributed by atoms with Gasteiger partial charge in [0.15, 0.2) is 5.16 Å². The molecule has 1 aromatic heterocycles. The lowest BCUT2D eigenvalue weighted by Gasteiger charge is -2.28. The Kier molecular flexibility index (Phi) is 7.51. The van der Waals surface area contributed by atoms with E-state index in [0.29, 0.717) is 10.0 Å². The third-order valence-electron chi connectivity index (χ3n) is 6.18. The predicted octanol–water partition coefficient (Wildman–Crippen LogP) is 7.22. The molecule has 3 aromatic rings. The van der Waals surface area contributed by atoms with Gasteiger partial charge >= 0.3 is 0 Å². The van der Waals surface area contributed by atoms with E-state index >= 15 is 0 Å². The fourth-order valence-corrected chi connectivity index (χ4v) is 5.49. The minimum atomic E-state index is -0.388. The molecule has 0 bridgehead atoms. The van der Waals surface area contributed by atoms with E-state index in [1.54, 1.807) is 23.9 Å². The molecule has 3 nitrogen and oxygen atoms in total. The second kappa shape index (κ2) is 10.2. The van der Waals surface area contributed by atoms with Crippen LogP contribution in [0.15, 0.2) is 53.8 Å². The molecular formula is C25H28Cl2FN3S. The predicted molar refractivity (Wildman–Crippen MR) is 133 cm³/mol. The molecular weight excluding hydrogens is 464 g/mol. The highest BCUT2D eigenvalue weighted by Gasteiger charge is 2.30. The highest BCUT2D eigenvalue weighted by molar-refractivity contribution is 7.99. The summed E-state index contributed by atoms with van der Waals surface area (Å²) in [6.45, 7) is 7.70. The average molecular weight is 492 g/mol. The topological polar surface area (TPSA) is 21.1 Å². The summed E-state index contributed by atoms with van der Waals surface area (Å²) in [5.41, 5.74) is 2.57. The molecule has 0 spiro atoms. The van der Waals surface area contributed by atoms with Crippen molar-refractivity contribution in [2.24, 2.45) is 0 Å². The van der Waals surface area contributed by atoms with Gasteiger partial charge in [0.2, 0.25) is 0 Å². The van der Waals surface area contributed by atoms with E-state index in [9.17, 15) is 4.39 Å². The lowest BCUT2D eigenvalue weighted by Crippen LogP contribution is -2.31. The highest BCUT2D eigenvalue weighted by Crippen LogP contribution is 2.38. The molecule has 1 aliphatic heterocycles. The maximum atomic E-state index is 13.7. The molecule has 1 saturated heterocycles. The van der Waals surface area contributed by atoms with Gasteiger partial charge in [-0.05, 0) is 67.9 Å². The summed E-state index contributed by atoms with van der Waals surface area (Å²) >= 11 is 14.2. The normalized spacial score (nSPS) is 15.3. The summed E-state index contributed by atoms with van der Waals surface area (Å²) in [6, 6.07) is 12.3. The van der Waals surface area contributed by atoms with Gasteiger partial charge < -0.3 is 4.90 Å². The number of benzene rings is 2. The standard InChI is InChI=1S/C25H28Cl2FN3S/c1-25(2,18-6-11-21(26)22(27)16-18)23-17-29-24(31(23)20-9-7-19(28)8-10-20)32-15-14-30-12-4-3-5-13-30/h6-11,16-17H,3-5,12-15H2,1-2H3.